The van der Waals surface area contributed by atoms with Gasteiger partial charge in [0.05, 0.1) is 23.1 Å². The first-order valence-electron chi connectivity index (χ1n) is 9.88. The molecule has 0 spiro atoms. The highest BCUT2D eigenvalue weighted by Gasteiger charge is 2.30. The molecule has 0 saturated heterocycles. The van der Waals surface area contributed by atoms with Crippen molar-refractivity contribution in [2.24, 2.45) is 0 Å². The zero-order valence-electron chi connectivity index (χ0n) is 17.3. The number of nitrogens with one attached hydrogen (secondary N) is 1. The normalized spacial score (nSPS) is 14.9. The fraction of sp³-hybridized carbons (Fsp3) is 0.273. The molecule has 1 atom stereocenters. The van der Waals surface area contributed by atoms with Gasteiger partial charge in [0.15, 0.2) is 5.69 Å². The largest absolute Gasteiger partial charge is 0.456 e. The predicted octanol–water partition coefficient (Wildman–Crippen LogP) is 3.96. The number of nitro benzene ring substituents is 1. The van der Waals surface area contributed by atoms with Crippen LogP contribution in [0.4, 0.5) is 10.1 Å². The molecule has 1 aliphatic heterocycles. The van der Waals surface area contributed by atoms with Gasteiger partial charge in [-0.3, -0.25) is 14.8 Å². The van der Waals surface area contributed by atoms with Gasteiger partial charge in [-0.05, 0) is 17.7 Å². The third-order valence-corrected chi connectivity index (χ3v) is 5.28. The van der Waals surface area contributed by atoms with Gasteiger partial charge in [-0.2, -0.15) is 5.10 Å². The van der Waals surface area contributed by atoms with E-state index in [9.17, 15) is 19.3 Å². The van der Waals surface area contributed by atoms with Crippen LogP contribution >= 0.6 is 12.4 Å². The van der Waals surface area contributed by atoms with E-state index in [1.807, 2.05) is 37.3 Å². The number of hydrogen-bond donors (Lipinski definition) is 1. The highest BCUT2D eigenvalue weighted by Crippen LogP contribution is 2.29. The molecule has 10 heteroatoms. The Kier molecular flexibility index (Phi) is 7.22. The van der Waals surface area contributed by atoms with Crippen molar-refractivity contribution < 1.29 is 18.8 Å². The van der Waals surface area contributed by atoms with Crippen LogP contribution in [0.1, 0.15) is 45.7 Å². The third kappa shape index (κ3) is 4.79. The third-order valence-electron chi connectivity index (χ3n) is 5.28. The topological polar surface area (TPSA) is 99.3 Å². The molecule has 0 fully saturated rings. The Hall–Kier alpha value is -3.30. The number of nitro groups is 1. The van der Waals surface area contributed by atoms with Crippen molar-refractivity contribution in [3.63, 3.8) is 0 Å². The fourth-order valence-corrected chi connectivity index (χ4v) is 3.83. The van der Waals surface area contributed by atoms with E-state index in [-0.39, 0.29) is 42.9 Å². The number of ether oxygens (including phenoxy) is 1. The van der Waals surface area contributed by atoms with Crippen LogP contribution in [0.5, 0.6) is 0 Å². The number of carbonyl (C=O) groups excluding carboxylic acids is 1. The molecule has 1 N–H and O–H groups in total. The van der Waals surface area contributed by atoms with E-state index >= 15 is 0 Å². The summed E-state index contributed by atoms with van der Waals surface area (Å²) in [6.07, 6.45) is 0. The molecule has 0 amide bonds. The van der Waals surface area contributed by atoms with E-state index in [0.29, 0.717) is 18.7 Å². The van der Waals surface area contributed by atoms with Crippen LogP contribution < -0.4 is 5.32 Å². The van der Waals surface area contributed by atoms with Crippen LogP contribution in [0.15, 0.2) is 48.5 Å². The molecule has 0 radical (unpaired) electrons. The maximum atomic E-state index is 13.5. The molecule has 32 heavy (non-hydrogen) atoms. The van der Waals surface area contributed by atoms with Gasteiger partial charge in [0.1, 0.15) is 12.4 Å². The van der Waals surface area contributed by atoms with Crippen molar-refractivity contribution >= 4 is 24.1 Å². The molecule has 8 nitrogen and oxygen atoms in total. The number of halogens is 2. The highest BCUT2D eigenvalue weighted by molar-refractivity contribution is 5.89. The summed E-state index contributed by atoms with van der Waals surface area (Å²) in [6.45, 7) is 3.29. The van der Waals surface area contributed by atoms with Crippen molar-refractivity contribution in [2.75, 3.05) is 6.54 Å². The van der Waals surface area contributed by atoms with Gasteiger partial charge < -0.3 is 10.1 Å². The molecule has 0 aliphatic carbocycles. The lowest BCUT2D eigenvalue weighted by atomic mass is 9.97. The van der Waals surface area contributed by atoms with Crippen molar-refractivity contribution in [3.8, 4) is 0 Å². The smallest absolute Gasteiger partial charge is 0.359 e. The number of rotatable bonds is 6. The summed E-state index contributed by atoms with van der Waals surface area (Å²) in [6, 6.07) is 12.8. The van der Waals surface area contributed by atoms with E-state index < -0.39 is 16.7 Å². The number of fused-ring (bicyclic) bond motifs is 1. The van der Waals surface area contributed by atoms with Crippen LogP contribution in [0.3, 0.4) is 0 Å². The van der Waals surface area contributed by atoms with Crippen LogP contribution in [0, 0.1) is 15.9 Å². The van der Waals surface area contributed by atoms with Crippen LogP contribution in [0.25, 0.3) is 0 Å². The molecular weight excluding hydrogens is 439 g/mol. The molecule has 1 aliphatic rings. The summed E-state index contributed by atoms with van der Waals surface area (Å²) in [5.74, 6) is -1.20. The lowest BCUT2D eigenvalue weighted by Crippen LogP contribution is -2.29. The van der Waals surface area contributed by atoms with E-state index in [2.05, 4.69) is 10.4 Å². The lowest BCUT2D eigenvalue weighted by Gasteiger charge is -2.22. The Bertz CT molecular complexity index is 1140. The summed E-state index contributed by atoms with van der Waals surface area (Å²) in [5.41, 5.74) is 2.59. The summed E-state index contributed by atoms with van der Waals surface area (Å²) in [7, 11) is 0. The van der Waals surface area contributed by atoms with E-state index in [0.717, 1.165) is 22.9 Å². The highest BCUT2D eigenvalue weighted by atomic mass is 35.5. The quantitative estimate of drug-likeness (QED) is 0.339. The monoisotopic (exact) mass is 460 g/mol. The first-order chi connectivity index (χ1) is 14.9. The molecule has 2 heterocycles. The summed E-state index contributed by atoms with van der Waals surface area (Å²) in [4.78, 5) is 23.6. The molecule has 3 aromatic rings. The molecule has 1 unspecified atom stereocenters. The Balaban J connectivity index is 0.00000289. The predicted molar refractivity (Wildman–Crippen MR) is 117 cm³/mol. The number of aromatic nitrogens is 2. The number of hydrogen-bond acceptors (Lipinski definition) is 6. The summed E-state index contributed by atoms with van der Waals surface area (Å²) < 4.78 is 20.6. The van der Waals surface area contributed by atoms with E-state index in [1.165, 1.54) is 12.1 Å². The van der Waals surface area contributed by atoms with Crippen LogP contribution in [-0.2, 0) is 24.4 Å². The molecule has 2 aromatic carbocycles. The molecule has 4 rings (SSSR count). The maximum Gasteiger partial charge on any atom is 0.359 e. The number of benzene rings is 2. The SMILES string of the molecule is CC1CNCc2c(C(=O)OCc3ccccc3)nn(Cc3ccc(F)cc3[N+](=O)[O-])c21.Cl. The Morgan fingerprint density at radius 2 is 2.06 bits per heavy atom. The second kappa shape index (κ2) is 9.88. The second-order valence-electron chi connectivity index (χ2n) is 7.49. The fourth-order valence-electron chi connectivity index (χ4n) is 3.83. The summed E-state index contributed by atoms with van der Waals surface area (Å²) in [5, 5.41) is 19.1. The second-order valence-corrected chi connectivity index (χ2v) is 7.49. The van der Waals surface area contributed by atoms with Gasteiger partial charge in [-0.15, -0.1) is 12.4 Å². The number of nitrogens with zero attached hydrogens (tertiary/aromatic N) is 3. The van der Waals surface area contributed by atoms with Gasteiger partial charge in [-0.25, -0.2) is 9.18 Å². The Morgan fingerprint density at radius 3 is 2.78 bits per heavy atom. The Labute approximate surface area is 189 Å². The average Bonchev–Trinajstić information content (AvgIpc) is 3.13. The van der Waals surface area contributed by atoms with Gasteiger partial charge in [0.25, 0.3) is 5.69 Å². The molecule has 168 valence electrons. The van der Waals surface area contributed by atoms with E-state index in [1.54, 1.807) is 4.68 Å². The van der Waals surface area contributed by atoms with Gasteiger partial charge in [0.2, 0.25) is 0 Å². The standard InChI is InChI=1S/C22H21FN4O4.ClH/c1-14-10-24-11-18-20(22(28)31-13-15-5-3-2-4-6-15)25-26(21(14)18)12-16-7-8-17(23)9-19(16)27(29)30;/h2-9,14,24H,10-13H2,1H3;1H. The van der Waals surface area contributed by atoms with Crippen LogP contribution in [-0.4, -0.2) is 27.2 Å². The number of esters is 1. The minimum absolute atomic E-state index is 0. The summed E-state index contributed by atoms with van der Waals surface area (Å²) >= 11 is 0. The zero-order valence-corrected chi connectivity index (χ0v) is 18.1. The Morgan fingerprint density at radius 1 is 1.31 bits per heavy atom. The van der Waals surface area contributed by atoms with Gasteiger partial charge in [0, 0.05) is 30.3 Å². The van der Waals surface area contributed by atoms with Crippen molar-refractivity contribution in [3.05, 3.63) is 92.5 Å². The maximum absolute atomic E-state index is 13.5. The van der Waals surface area contributed by atoms with E-state index in [4.69, 9.17) is 4.74 Å². The van der Waals surface area contributed by atoms with Gasteiger partial charge in [-0.1, -0.05) is 37.3 Å². The average molecular weight is 461 g/mol. The van der Waals surface area contributed by atoms with Crippen molar-refractivity contribution in [1.82, 2.24) is 15.1 Å². The molecule has 0 bridgehead atoms. The van der Waals surface area contributed by atoms with Crippen molar-refractivity contribution in [2.45, 2.75) is 32.5 Å². The molecule has 1 aromatic heterocycles. The molecular formula is C22H22ClFN4O4. The van der Waals surface area contributed by atoms with Crippen LogP contribution in [0.2, 0.25) is 0 Å². The first-order valence-corrected chi connectivity index (χ1v) is 9.88. The number of carbonyl (C=O) groups is 1. The minimum Gasteiger partial charge on any atom is -0.456 e. The zero-order chi connectivity index (χ0) is 22.0. The molecule has 0 saturated carbocycles. The van der Waals surface area contributed by atoms with Gasteiger partial charge >= 0.3 is 5.97 Å². The van der Waals surface area contributed by atoms with Crippen molar-refractivity contribution in [1.29, 1.82) is 0 Å². The minimum atomic E-state index is -0.680. The first kappa shape index (κ1) is 23.4. The lowest BCUT2D eigenvalue weighted by molar-refractivity contribution is -0.385.